The van der Waals surface area contributed by atoms with Crippen LogP contribution in [0.15, 0.2) is 36.8 Å². The van der Waals surface area contributed by atoms with Crippen LogP contribution < -0.4 is 5.32 Å². The van der Waals surface area contributed by atoms with E-state index in [1.54, 1.807) is 18.6 Å². The van der Waals surface area contributed by atoms with Gasteiger partial charge in [0.25, 0.3) is 5.69 Å². The van der Waals surface area contributed by atoms with E-state index in [1.165, 1.54) is 18.2 Å². The van der Waals surface area contributed by atoms with Gasteiger partial charge in [0.15, 0.2) is 0 Å². The molecule has 0 aliphatic carbocycles. The number of non-ortho nitro benzene ring substituents is 1. The van der Waals surface area contributed by atoms with Gasteiger partial charge in [-0.3, -0.25) is 20.1 Å². The Morgan fingerprint density at radius 1 is 1.39 bits per heavy atom. The van der Waals surface area contributed by atoms with E-state index >= 15 is 0 Å². The first-order chi connectivity index (χ1) is 8.66. The number of nitrogens with one attached hydrogen (secondary N) is 1. The lowest BCUT2D eigenvalue weighted by molar-refractivity contribution is -0.384. The van der Waals surface area contributed by atoms with Gasteiger partial charge in [-0.15, -0.1) is 0 Å². The fourth-order valence-corrected chi connectivity index (χ4v) is 1.55. The van der Waals surface area contributed by atoms with Crippen LogP contribution in [0.4, 0.5) is 11.4 Å². The van der Waals surface area contributed by atoms with E-state index in [-0.39, 0.29) is 5.69 Å². The predicted molar refractivity (Wildman–Crippen MR) is 67.5 cm³/mol. The molecular formula is C11H9ClN4O2. The molecule has 92 valence electrons. The molecule has 1 heterocycles. The Morgan fingerprint density at radius 2 is 2.22 bits per heavy atom. The van der Waals surface area contributed by atoms with Gasteiger partial charge in [0.05, 0.1) is 34.1 Å². The van der Waals surface area contributed by atoms with E-state index in [4.69, 9.17) is 11.6 Å². The highest BCUT2D eigenvalue weighted by atomic mass is 35.5. The third kappa shape index (κ3) is 2.92. The summed E-state index contributed by atoms with van der Waals surface area (Å²) in [7, 11) is 0. The second-order valence-electron chi connectivity index (χ2n) is 3.47. The molecule has 0 aliphatic rings. The molecular weight excluding hydrogens is 256 g/mol. The second kappa shape index (κ2) is 5.42. The first-order valence-corrected chi connectivity index (χ1v) is 5.47. The van der Waals surface area contributed by atoms with Crippen LogP contribution in [0.3, 0.4) is 0 Å². The molecule has 18 heavy (non-hydrogen) atoms. The lowest BCUT2D eigenvalue weighted by Crippen LogP contribution is -2.02. The van der Waals surface area contributed by atoms with Crippen LogP contribution in [0.1, 0.15) is 5.69 Å². The van der Waals surface area contributed by atoms with Crippen LogP contribution in [-0.4, -0.2) is 14.9 Å². The van der Waals surface area contributed by atoms with Gasteiger partial charge < -0.3 is 5.32 Å². The average Bonchev–Trinajstić information content (AvgIpc) is 2.38. The summed E-state index contributed by atoms with van der Waals surface area (Å²) >= 11 is 5.95. The zero-order valence-electron chi connectivity index (χ0n) is 9.21. The highest BCUT2D eigenvalue weighted by molar-refractivity contribution is 6.33. The van der Waals surface area contributed by atoms with Gasteiger partial charge in [-0.25, -0.2) is 0 Å². The molecule has 2 rings (SSSR count). The van der Waals surface area contributed by atoms with Crippen molar-refractivity contribution in [1.82, 2.24) is 9.97 Å². The highest BCUT2D eigenvalue weighted by Crippen LogP contribution is 2.26. The maximum Gasteiger partial charge on any atom is 0.271 e. The summed E-state index contributed by atoms with van der Waals surface area (Å²) in [6.07, 6.45) is 4.76. The average molecular weight is 265 g/mol. The molecule has 0 amide bonds. The first kappa shape index (κ1) is 12.3. The van der Waals surface area contributed by atoms with Crippen molar-refractivity contribution in [3.63, 3.8) is 0 Å². The number of benzene rings is 1. The van der Waals surface area contributed by atoms with Gasteiger partial charge in [0, 0.05) is 24.5 Å². The number of nitro benzene ring substituents is 1. The van der Waals surface area contributed by atoms with Crippen molar-refractivity contribution in [1.29, 1.82) is 0 Å². The van der Waals surface area contributed by atoms with Gasteiger partial charge in [-0.2, -0.15) is 0 Å². The molecule has 0 atom stereocenters. The number of halogens is 1. The minimum absolute atomic E-state index is 0.0129. The number of nitro groups is 1. The molecule has 0 radical (unpaired) electrons. The summed E-state index contributed by atoms with van der Waals surface area (Å²) in [5.41, 5.74) is 1.21. The summed E-state index contributed by atoms with van der Waals surface area (Å²) in [6, 6.07) is 4.23. The summed E-state index contributed by atoms with van der Waals surface area (Å²) in [6.45, 7) is 0.398. The smallest absolute Gasteiger partial charge is 0.271 e. The summed E-state index contributed by atoms with van der Waals surface area (Å²) in [5, 5.41) is 14.1. The first-order valence-electron chi connectivity index (χ1n) is 5.09. The highest BCUT2D eigenvalue weighted by Gasteiger charge is 2.09. The minimum Gasteiger partial charge on any atom is -0.378 e. The fourth-order valence-electron chi connectivity index (χ4n) is 1.37. The Labute approximate surface area is 108 Å². The summed E-state index contributed by atoms with van der Waals surface area (Å²) in [4.78, 5) is 18.2. The maximum absolute atomic E-state index is 10.7. The third-order valence-corrected chi connectivity index (χ3v) is 2.57. The van der Waals surface area contributed by atoms with E-state index in [9.17, 15) is 10.1 Å². The van der Waals surface area contributed by atoms with E-state index in [1.807, 2.05) is 0 Å². The SMILES string of the molecule is O=[N+]([O-])c1ccc(Cl)c(NCc2cnccn2)c1. The third-order valence-electron chi connectivity index (χ3n) is 2.24. The normalized spacial score (nSPS) is 10.1. The van der Waals surface area contributed by atoms with Crippen molar-refractivity contribution in [3.8, 4) is 0 Å². The predicted octanol–water partition coefficient (Wildman–Crippen LogP) is 2.65. The number of anilines is 1. The van der Waals surface area contributed by atoms with E-state index in [0.29, 0.717) is 17.3 Å². The Kier molecular flexibility index (Phi) is 3.69. The standard InChI is InChI=1S/C11H9ClN4O2/c12-10-2-1-9(16(17)18)5-11(10)15-7-8-6-13-3-4-14-8/h1-6,15H,7H2. The van der Waals surface area contributed by atoms with E-state index in [2.05, 4.69) is 15.3 Å². The molecule has 0 spiro atoms. The fraction of sp³-hybridized carbons (Fsp3) is 0.0909. The minimum atomic E-state index is -0.468. The Bertz CT molecular complexity index is 562. The Morgan fingerprint density at radius 3 is 2.89 bits per heavy atom. The zero-order valence-corrected chi connectivity index (χ0v) is 9.96. The molecule has 0 aliphatic heterocycles. The van der Waals surface area contributed by atoms with Crippen molar-refractivity contribution in [2.75, 3.05) is 5.32 Å². The zero-order chi connectivity index (χ0) is 13.0. The van der Waals surface area contributed by atoms with Crippen molar-refractivity contribution in [2.24, 2.45) is 0 Å². The van der Waals surface area contributed by atoms with Gasteiger partial charge in [0.2, 0.25) is 0 Å². The molecule has 0 saturated carbocycles. The molecule has 6 nitrogen and oxygen atoms in total. The Hall–Kier alpha value is -2.21. The van der Waals surface area contributed by atoms with Crippen LogP contribution in [0.5, 0.6) is 0 Å². The van der Waals surface area contributed by atoms with Gasteiger partial charge in [-0.1, -0.05) is 11.6 Å². The van der Waals surface area contributed by atoms with Crippen LogP contribution in [0, 0.1) is 10.1 Å². The molecule has 1 N–H and O–H groups in total. The van der Waals surface area contributed by atoms with Crippen molar-refractivity contribution in [3.05, 3.63) is 57.6 Å². The maximum atomic E-state index is 10.7. The molecule has 0 fully saturated rings. The molecule has 2 aromatic rings. The Balaban J connectivity index is 2.14. The van der Waals surface area contributed by atoms with Crippen molar-refractivity contribution < 1.29 is 4.92 Å². The summed E-state index contributed by atoms with van der Waals surface area (Å²) in [5.74, 6) is 0. The molecule has 0 bridgehead atoms. The lowest BCUT2D eigenvalue weighted by atomic mass is 10.2. The quantitative estimate of drug-likeness (QED) is 0.678. The lowest BCUT2D eigenvalue weighted by Gasteiger charge is -2.07. The van der Waals surface area contributed by atoms with Crippen LogP contribution >= 0.6 is 11.6 Å². The summed E-state index contributed by atoms with van der Waals surface area (Å²) < 4.78 is 0. The number of hydrogen-bond acceptors (Lipinski definition) is 5. The topological polar surface area (TPSA) is 81.0 Å². The molecule has 0 saturated heterocycles. The van der Waals surface area contributed by atoms with E-state index in [0.717, 1.165) is 5.69 Å². The molecule has 7 heteroatoms. The molecule has 0 unspecified atom stereocenters. The van der Waals surface area contributed by atoms with Crippen molar-refractivity contribution in [2.45, 2.75) is 6.54 Å². The monoisotopic (exact) mass is 264 g/mol. The van der Waals surface area contributed by atoms with Gasteiger partial charge >= 0.3 is 0 Å². The second-order valence-corrected chi connectivity index (χ2v) is 3.88. The van der Waals surface area contributed by atoms with Crippen molar-refractivity contribution >= 4 is 23.0 Å². The van der Waals surface area contributed by atoms with Crippen LogP contribution in [-0.2, 0) is 6.54 Å². The van der Waals surface area contributed by atoms with Gasteiger partial charge in [-0.05, 0) is 6.07 Å². The molecule has 1 aromatic carbocycles. The van der Waals surface area contributed by atoms with E-state index < -0.39 is 4.92 Å². The number of rotatable bonds is 4. The van der Waals surface area contributed by atoms with Crippen LogP contribution in [0.2, 0.25) is 5.02 Å². The largest absolute Gasteiger partial charge is 0.378 e. The number of aromatic nitrogens is 2. The van der Waals surface area contributed by atoms with Crippen LogP contribution in [0.25, 0.3) is 0 Å². The van der Waals surface area contributed by atoms with Gasteiger partial charge in [0.1, 0.15) is 0 Å². The number of hydrogen-bond donors (Lipinski definition) is 1. The molecule has 1 aromatic heterocycles. The number of nitrogens with zero attached hydrogens (tertiary/aromatic N) is 3.